The first-order valence-corrected chi connectivity index (χ1v) is 5.46. The molecule has 0 aliphatic carbocycles. The van der Waals surface area contributed by atoms with Gasteiger partial charge >= 0.3 is 5.97 Å². The Morgan fingerprint density at radius 2 is 1.82 bits per heavy atom. The van der Waals surface area contributed by atoms with Crippen LogP contribution in [0.2, 0.25) is 0 Å². The van der Waals surface area contributed by atoms with Gasteiger partial charge < -0.3 is 0 Å². The van der Waals surface area contributed by atoms with Crippen molar-refractivity contribution in [1.29, 1.82) is 0 Å². The summed E-state index contributed by atoms with van der Waals surface area (Å²) in [5, 5.41) is 2.18. The van der Waals surface area contributed by atoms with Crippen LogP contribution >= 0.6 is 0 Å². The van der Waals surface area contributed by atoms with E-state index >= 15 is 0 Å². The molecule has 17 heavy (non-hydrogen) atoms. The van der Waals surface area contributed by atoms with Gasteiger partial charge in [0.1, 0.15) is 0 Å². The van der Waals surface area contributed by atoms with Crippen molar-refractivity contribution in [3.63, 3.8) is 0 Å². The highest BCUT2D eigenvalue weighted by molar-refractivity contribution is 5.90. The average Bonchev–Trinajstić information content (AvgIpc) is 2.37. The molecular weight excluding hydrogens is 216 g/mol. The molecule has 3 heteroatoms. The summed E-state index contributed by atoms with van der Waals surface area (Å²) in [5.74, 6) is -0.732. The molecule has 2 aromatic rings. The third-order valence-electron chi connectivity index (χ3n) is 2.81. The Labute approximate surface area is 99.9 Å². The fraction of sp³-hybridized carbons (Fsp3) is 0.214. The number of carbonyl (C=O) groups excluding carboxylic acids is 1. The third-order valence-corrected chi connectivity index (χ3v) is 2.81. The Morgan fingerprint density at radius 3 is 2.59 bits per heavy atom. The zero-order chi connectivity index (χ0) is 12.3. The summed E-state index contributed by atoms with van der Waals surface area (Å²) in [4.78, 5) is 20.6. The first kappa shape index (κ1) is 11.6. The molecule has 0 amide bonds. The van der Waals surface area contributed by atoms with E-state index in [4.69, 9.17) is 0 Å². The number of rotatable bonds is 3. The van der Waals surface area contributed by atoms with Crippen LogP contribution in [0.15, 0.2) is 42.5 Å². The SMILES string of the molecule is COOC(=O)C(C)c1cccc2ccccc12. The topological polar surface area (TPSA) is 35.5 Å². The molecule has 0 saturated heterocycles. The van der Waals surface area contributed by atoms with Crippen LogP contribution in [0.5, 0.6) is 0 Å². The molecular formula is C14H14O3. The van der Waals surface area contributed by atoms with Crippen LogP contribution in [0.1, 0.15) is 18.4 Å². The lowest BCUT2D eigenvalue weighted by Gasteiger charge is -2.12. The minimum Gasteiger partial charge on any atom is -0.298 e. The van der Waals surface area contributed by atoms with Crippen molar-refractivity contribution in [1.82, 2.24) is 0 Å². The van der Waals surface area contributed by atoms with Gasteiger partial charge in [0.25, 0.3) is 0 Å². The summed E-state index contributed by atoms with van der Waals surface area (Å²) in [5.41, 5.74) is 0.949. The van der Waals surface area contributed by atoms with E-state index in [1.807, 2.05) is 49.4 Å². The third kappa shape index (κ3) is 2.29. The van der Waals surface area contributed by atoms with Crippen molar-refractivity contribution in [2.24, 2.45) is 0 Å². The van der Waals surface area contributed by atoms with Crippen LogP contribution in [0.3, 0.4) is 0 Å². The molecule has 1 atom stereocenters. The van der Waals surface area contributed by atoms with Gasteiger partial charge in [-0.05, 0) is 23.3 Å². The second-order valence-corrected chi connectivity index (χ2v) is 3.86. The molecule has 0 aliphatic heterocycles. The summed E-state index contributed by atoms with van der Waals surface area (Å²) in [6.45, 7) is 1.81. The number of hydrogen-bond donors (Lipinski definition) is 0. The molecule has 0 spiro atoms. The largest absolute Gasteiger partial charge is 0.349 e. The van der Waals surface area contributed by atoms with Crippen LogP contribution in [-0.4, -0.2) is 13.1 Å². The van der Waals surface area contributed by atoms with Crippen LogP contribution in [0.25, 0.3) is 10.8 Å². The van der Waals surface area contributed by atoms with Gasteiger partial charge in [0.15, 0.2) is 0 Å². The second kappa shape index (κ2) is 4.97. The van der Waals surface area contributed by atoms with Crippen molar-refractivity contribution >= 4 is 16.7 Å². The molecule has 0 saturated carbocycles. The zero-order valence-electron chi connectivity index (χ0n) is 9.84. The van der Waals surface area contributed by atoms with Crippen LogP contribution in [0, 0.1) is 0 Å². The van der Waals surface area contributed by atoms with E-state index in [2.05, 4.69) is 9.78 Å². The van der Waals surface area contributed by atoms with E-state index < -0.39 is 0 Å². The van der Waals surface area contributed by atoms with Crippen molar-refractivity contribution in [3.8, 4) is 0 Å². The molecule has 0 fully saturated rings. The van der Waals surface area contributed by atoms with Gasteiger partial charge in [-0.15, -0.1) is 0 Å². The van der Waals surface area contributed by atoms with Crippen LogP contribution < -0.4 is 0 Å². The Hall–Kier alpha value is -1.87. The molecule has 0 heterocycles. The van der Waals surface area contributed by atoms with Crippen molar-refractivity contribution in [3.05, 3.63) is 48.0 Å². The number of fused-ring (bicyclic) bond motifs is 1. The highest BCUT2D eigenvalue weighted by Gasteiger charge is 2.19. The smallest absolute Gasteiger partial charge is 0.298 e. The van der Waals surface area contributed by atoms with E-state index in [1.54, 1.807) is 0 Å². The Morgan fingerprint density at radius 1 is 1.12 bits per heavy atom. The van der Waals surface area contributed by atoms with E-state index in [0.29, 0.717) is 0 Å². The van der Waals surface area contributed by atoms with Gasteiger partial charge in [-0.25, -0.2) is 4.79 Å². The normalized spacial score (nSPS) is 12.4. The van der Waals surface area contributed by atoms with Gasteiger partial charge in [0.2, 0.25) is 0 Å². The minimum atomic E-state index is -0.385. The quantitative estimate of drug-likeness (QED) is 0.600. The molecule has 0 radical (unpaired) electrons. The number of carbonyl (C=O) groups is 1. The molecule has 3 nitrogen and oxygen atoms in total. The number of benzene rings is 2. The van der Waals surface area contributed by atoms with E-state index in [-0.39, 0.29) is 11.9 Å². The van der Waals surface area contributed by atoms with E-state index in [1.165, 1.54) is 7.11 Å². The second-order valence-electron chi connectivity index (χ2n) is 3.86. The molecule has 88 valence electrons. The summed E-state index contributed by atoms with van der Waals surface area (Å²) in [6, 6.07) is 13.9. The Kier molecular flexibility index (Phi) is 3.40. The van der Waals surface area contributed by atoms with E-state index in [9.17, 15) is 4.79 Å². The summed E-state index contributed by atoms with van der Waals surface area (Å²) < 4.78 is 0. The maximum Gasteiger partial charge on any atom is 0.349 e. The minimum absolute atomic E-state index is 0.346. The Bertz CT molecular complexity index is 528. The average molecular weight is 230 g/mol. The van der Waals surface area contributed by atoms with Crippen LogP contribution in [-0.2, 0) is 14.6 Å². The summed E-state index contributed by atoms with van der Waals surface area (Å²) in [6.07, 6.45) is 0. The molecule has 0 aromatic heterocycles. The Balaban J connectivity index is 2.44. The van der Waals surface area contributed by atoms with Gasteiger partial charge in [0.05, 0.1) is 13.0 Å². The highest BCUT2D eigenvalue weighted by atomic mass is 17.2. The summed E-state index contributed by atoms with van der Waals surface area (Å²) in [7, 11) is 1.33. The van der Waals surface area contributed by atoms with Crippen molar-refractivity contribution < 1.29 is 14.6 Å². The van der Waals surface area contributed by atoms with Crippen molar-refractivity contribution in [2.45, 2.75) is 12.8 Å². The highest BCUT2D eigenvalue weighted by Crippen LogP contribution is 2.26. The van der Waals surface area contributed by atoms with Gasteiger partial charge in [0, 0.05) is 0 Å². The van der Waals surface area contributed by atoms with Crippen molar-refractivity contribution in [2.75, 3.05) is 7.11 Å². The molecule has 0 N–H and O–H groups in total. The zero-order valence-corrected chi connectivity index (χ0v) is 9.84. The lowest BCUT2D eigenvalue weighted by Crippen LogP contribution is -2.12. The summed E-state index contributed by atoms with van der Waals surface area (Å²) >= 11 is 0. The fourth-order valence-corrected chi connectivity index (χ4v) is 1.91. The molecule has 2 rings (SSSR count). The number of hydrogen-bond acceptors (Lipinski definition) is 3. The van der Waals surface area contributed by atoms with Gasteiger partial charge in [-0.1, -0.05) is 42.5 Å². The molecule has 0 bridgehead atoms. The van der Waals surface area contributed by atoms with Crippen LogP contribution in [0.4, 0.5) is 0 Å². The van der Waals surface area contributed by atoms with Gasteiger partial charge in [-0.3, -0.25) is 4.89 Å². The first-order chi connectivity index (χ1) is 8.24. The fourth-order valence-electron chi connectivity index (χ4n) is 1.91. The molecule has 1 unspecified atom stereocenters. The lowest BCUT2D eigenvalue weighted by atomic mass is 9.95. The first-order valence-electron chi connectivity index (χ1n) is 5.46. The lowest BCUT2D eigenvalue weighted by molar-refractivity contribution is -0.256. The van der Waals surface area contributed by atoms with Gasteiger partial charge in [-0.2, -0.15) is 4.89 Å². The standard InChI is InChI=1S/C14H14O3/c1-10(14(15)17-16-2)12-9-5-7-11-6-3-4-8-13(11)12/h3-10H,1-2H3. The van der Waals surface area contributed by atoms with E-state index in [0.717, 1.165) is 16.3 Å². The maximum absolute atomic E-state index is 11.6. The predicted molar refractivity (Wildman–Crippen MR) is 65.5 cm³/mol. The maximum atomic E-state index is 11.6. The predicted octanol–water partition coefficient (Wildman–Crippen LogP) is 3.05. The monoisotopic (exact) mass is 230 g/mol. The molecule has 0 aliphatic rings. The molecule has 2 aromatic carbocycles.